The van der Waals surface area contributed by atoms with Crippen molar-refractivity contribution in [1.82, 2.24) is 5.32 Å². The largest absolute Gasteiger partial charge is 0.493 e. The molecule has 0 spiro atoms. The van der Waals surface area contributed by atoms with Crippen LogP contribution >= 0.6 is 11.8 Å². The zero-order valence-electron chi connectivity index (χ0n) is 16.0. The van der Waals surface area contributed by atoms with Gasteiger partial charge >= 0.3 is 0 Å². The molecular weight excluding hydrogens is 376 g/mol. The fourth-order valence-corrected chi connectivity index (χ4v) is 3.67. The van der Waals surface area contributed by atoms with E-state index in [9.17, 15) is 9.59 Å². The van der Waals surface area contributed by atoms with Crippen LogP contribution in [0.5, 0.6) is 11.5 Å². The topological polar surface area (TPSA) is 76.7 Å². The maximum absolute atomic E-state index is 12.5. The first kappa shape index (κ1) is 19.8. The summed E-state index contributed by atoms with van der Waals surface area (Å²) in [6.07, 6.45) is 2.67. The number of fused-ring (bicyclic) bond motifs is 1. The van der Waals surface area contributed by atoms with E-state index in [1.165, 1.54) is 11.8 Å². The molecular formula is C21H22N2O4S. The van der Waals surface area contributed by atoms with Gasteiger partial charge in [-0.15, -0.1) is 0 Å². The second kappa shape index (κ2) is 8.84. The molecule has 2 aromatic carbocycles. The SMILES string of the molecule is CCCNC(=O)c1ccc2c(c1)NC(=O)/C(=C\c1ccc(OC)c(OC)c1)S2. The zero-order valence-corrected chi connectivity index (χ0v) is 16.8. The Hall–Kier alpha value is -2.93. The average molecular weight is 398 g/mol. The van der Waals surface area contributed by atoms with Crippen LogP contribution in [0.2, 0.25) is 0 Å². The lowest BCUT2D eigenvalue weighted by Crippen LogP contribution is -2.24. The highest BCUT2D eigenvalue weighted by atomic mass is 32.2. The first-order valence-corrected chi connectivity index (χ1v) is 9.72. The van der Waals surface area contributed by atoms with Gasteiger partial charge in [-0.25, -0.2) is 0 Å². The second-order valence-electron chi connectivity index (χ2n) is 6.15. The minimum Gasteiger partial charge on any atom is -0.493 e. The van der Waals surface area contributed by atoms with Gasteiger partial charge in [0.2, 0.25) is 0 Å². The van der Waals surface area contributed by atoms with Gasteiger partial charge in [0.15, 0.2) is 11.5 Å². The van der Waals surface area contributed by atoms with Gasteiger partial charge in [-0.1, -0.05) is 24.8 Å². The van der Waals surface area contributed by atoms with Gasteiger partial charge in [0, 0.05) is 17.0 Å². The molecule has 2 aromatic rings. The van der Waals surface area contributed by atoms with E-state index in [4.69, 9.17) is 9.47 Å². The average Bonchev–Trinajstić information content (AvgIpc) is 2.72. The Morgan fingerprint density at radius 2 is 1.93 bits per heavy atom. The Labute approximate surface area is 168 Å². The lowest BCUT2D eigenvalue weighted by Gasteiger charge is -2.19. The van der Waals surface area contributed by atoms with Crippen LogP contribution in [0.1, 0.15) is 29.3 Å². The number of ether oxygens (including phenoxy) is 2. The van der Waals surface area contributed by atoms with Crippen LogP contribution in [-0.2, 0) is 4.79 Å². The summed E-state index contributed by atoms with van der Waals surface area (Å²) in [5, 5.41) is 5.71. The Morgan fingerprint density at radius 3 is 2.64 bits per heavy atom. The Balaban J connectivity index is 1.84. The van der Waals surface area contributed by atoms with Gasteiger partial charge in [-0.05, 0) is 48.4 Å². The summed E-state index contributed by atoms with van der Waals surface area (Å²) >= 11 is 1.37. The number of rotatable bonds is 6. The minimum absolute atomic E-state index is 0.143. The van der Waals surface area contributed by atoms with Crippen LogP contribution in [0, 0.1) is 0 Å². The first-order chi connectivity index (χ1) is 13.5. The highest BCUT2D eigenvalue weighted by Gasteiger charge is 2.22. The van der Waals surface area contributed by atoms with E-state index in [1.807, 2.05) is 25.1 Å². The number of carbonyl (C=O) groups is 2. The maximum Gasteiger partial charge on any atom is 0.262 e. The molecule has 7 heteroatoms. The molecule has 0 fully saturated rings. The number of hydrogen-bond acceptors (Lipinski definition) is 5. The Kier molecular flexibility index (Phi) is 6.26. The maximum atomic E-state index is 12.5. The van der Waals surface area contributed by atoms with Crippen molar-refractivity contribution in [1.29, 1.82) is 0 Å². The number of methoxy groups -OCH3 is 2. The van der Waals surface area contributed by atoms with Crippen LogP contribution in [0.3, 0.4) is 0 Å². The summed E-state index contributed by atoms with van der Waals surface area (Å²) in [7, 11) is 3.15. The molecule has 0 radical (unpaired) electrons. The van der Waals surface area contributed by atoms with Crippen LogP contribution in [0.4, 0.5) is 5.69 Å². The summed E-state index contributed by atoms with van der Waals surface area (Å²) < 4.78 is 10.6. The monoisotopic (exact) mass is 398 g/mol. The summed E-state index contributed by atoms with van der Waals surface area (Å²) in [4.78, 5) is 26.1. The van der Waals surface area contributed by atoms with Gasteiger partial charge < -0.3 is 20.1 Å². The molecule has 2 amide bonds. The van der Waals surface area contributed by atoms with Gasteiger partial charge in [0.25, 0.3) is 11.8 Å². The third-order valence-corrected chi connectivity index (χ3v) is 5.27. The smallest absolute Gasteiger partial charge is 0.262 e. The fraction of sp³-hybridized carbons (Fsp3) is 0.238. The number of anilines is 1. The summed E-state index contributed by atoms with van der Waals surface area (Å²) in [6.45, 7) is 2.62. The number of carbonyl (C=O) groups excluding carboxylic acids is 2. The molecule has 0 unspecified atom stereocenters. The van der Waals surface area contributed by atoms with Gasteiger partial charge in [0.05, 0.1) is 24.8 Å². The Morgan fingerprint density at radius 1 is 1.14 bits per heavy atom. The molecule has 0 aromatic heterocycles. The van der Waals surface area contributed by atoms with Crippen LogP contribution < -0.4 is 20.1 Å². The lowest BCUT2D eigenvalue weighted by atomic mass is 10.1. The van der Waals surface area contributed by atoms with Gasteiger partial charge in [-0.3, -0.25) is 9.59 Å². The molecule has 1 aliphatic heterocycles. The number of amides is 2. The number of hydrogen-bond donors (Lipinski definition) is 2. The molecule has 0 atom stereocenters. The zero-order chi connectivity index (χ0) is 20.1. The van der Waals surface area contributed by atoms with E-state index < -0.39 is 0 Å². The number of benzene rings is 2. The van der Waals surface area contributed by atoms with Crippen molar-refractivity contribution >= 4 is 35.3 Å². The molecule has 28 heavy (non-hydrogen) atoms. The van der Waals surface area contributed by atoms with Crippen molar-refractivity contribution in [3.05, 3.63) is 52.4 Å². The predicted molar refractivity (Wildman–Crippen MR) is 111 cm³/mol. The highest BCUT2D eigenvalue weighted by molar-refractivity contribution is 8.04. The van der Waals surface area contributed by atoms with Crippen molar-refractivity contribution < 1.29 is 19.1 Å². The van der Waals surface area contributed by atoms with Crippen molar-refractivity contribution in [2.24, 2.45) is 0 Å². The minimum atomic E-state index is -0.210. The van der Waals surface area contributed by atoms with Gasteiger partial charge in [0.1, 0.15) is 0 Å². The molecule has 0 saturated heterocycles. The van der Waals surface area contributed by atoms with Crippen molar-refractivity contribution in [2.75, 3.05) is 26.1 Å². The molecule has 146 valence electrons. The normalized spacial score (nSPS) is 14.2. The fourth-order valence-electron chi connectivity index (χ4n) is 2.74. The molecule has 1 aliphatic rings. The lowest BCUT2D eigenvalue weighted by molar-refractivity contribution is -0.112. The summed E-state index contributed by atoms with van der Waals surface area (Å²) in [5.74, 6) is 0.875. The van der Waals surface area contributed by atoms with E-state index in [0.717, 1.165) is 16.9 Å². The highest BCUT2D eigenvalue weighted by Crippen LogP contribution is 2.40. The van der Waals surface area contributed by atoms with Crippen LogP contribution in [0.25, 0.3) is 6.08 Å². The van der Waals surface area contributed by atoms with Crippen molar-refractivity contribution in [3.8, 4) is 11.5 Å². The van der Waals surface area contributed by atoms with E-state index in [0.29, 0.717) is 34.2 Å². The number of nitrogens with one attached hydrogen (secondary N) is 2. The van der Waals surface area contributed by atoms with E-state index in [2.05, 4.69) is 10.6 Å². The standard InChI is InChI=1S/C21H22N2O4S/c1-4-9-22-20(24)14-6-8-18-15(12-14)23-21(25)19(28-18)11-13-5-7-16(26-2)17(10-13)27-3/h5-8,10-12H,4,9H2,1-3H3,(H,22,24)(H,23,25)/b19-11+. The van der Waals surface area contributed by atoms with Crippen molar-refractivity contribution in [2.45, 2.75) is 18.2 Å². The number of thioether (sulfide) groups is 1. The second-order valence-corrected chi connectivity index (χ2v) is 7.23. The molecule has 1 heterocycles. The summed E-state index contributed by atoms with van der Waals surface area (Å²) in [5.41, 5.74) is 2.00. The van der Waals surface area contributed by atoms with E-state index >= 15 is 0 Å². The molecule has 3 rings (SSSR count). The molecule has 0 aliphatic carbocycles. The quantitative estimate of drug-likeness (QED) is 0.721. The molecule has 0 bridgehead atoms. The predicted octanol–water partition coefficient (Wildman–Crippen LogP) is 3.93. The third kappa shape index (κ3) is 4.31. The van der Waals surface area contributed by atoms with Crippen molar-refractivity contribution in [3.63, 3.8) is 0 Å². The molecule has 0 saturated carbocycles. The third-order valence-electron chi connectivity index (χ3n) is 4.17. The van der Waals surface area contributed by atoms with Gasteiger partial charge in [-0.2, -0.15) is 0 Å². The molecule has 2 N–H and O–H groups in total. The van der Waals surface area contributed by atoms with E-state index in [-0.39, 0.29) is 11.8 Å². The van der Waals surface area contributed by atoms with Crippen LogP contribution in [-0.4, -0.2) is 32.6 Å². The molecule has 6 nitrogen and oxygen atoms in total. The Bertz CT molecular complexity index is 940. The van der Waals surface area contributed by atoms with E-state index in [1.54, 1.807) is 38.5 Å². The summed E-state index contributed by atoms with van der Waals surface area (Å²) in [6, 6.07) is 10.8. The van der Waals surface area contributed by atoms with Crippen LogP contribution in [0.15, 0.2) is 46.2 Å². The first-order valence-electron chi connectivity index (χ1n) is 8.91.